The maximum Gasteiger partial charge on any atom is 0.375 e. The van der Waals surface area contributed by atoms with E-state index in [1.807, 2.05) is 133 Å². The van der Waals surface area contributed by atoms with Crippen LogP contribution in [0.15, 0.2) is 143 Å². The van der Waals surface area contributed by atoms with Crippen LogP contribution in [0.1, 0.15) is 231 Å². The summed E-state index contributed by atoms with van der Waals surface area (Å²) in [6.45, 7) is 32.2. The Morgan fingerprint density at radius 3 is 0.833 bits per heavy atom. The fraction of sp³-hybridized carbons (Fsp3) is 0.510. The molecule has 5 aliphatic rings. The number of amides is 3. The summed E-state index contributed by atoms with van der Waals surface area (Å²) in [7, 11) is 1.30. The molecule has 132 heavy (non-hydrogen) atoms. The zero-order valence-electron chi connectivity index (χ0n) is 78.5. The molecule has 2 aliphatic heterocycles. The van der Waals surface area contributed by atoms with Gasteiger partial charge in [-0.3, -0.25) is 14.4 Å². The maximum atomic E-state index is 13.0. The molecule has 5 aromatic heterocycles. The second kappa shape index (κ2) is 52.1. The van der Waals surface area contributed by atoms with Crippen molar-refractivity contribution in [1.82, 2.24) is 49.4 Å². The van der Waals surface area contributed by atoms with E-state index in [0.717, 1.165) is 155 Å². The quantitative estimate of drug-likeness (QED) is 0.0211. The van der Waals surface area contributed by atoms with Crippen molar-refractivity contribution < 1.29 is 79.6 Å². The van der Waals surface area contributed by atoms with Crippen LogP contribution in [-0.2, 0) is 4.74 Å². The van der Waals surface area contributed by atoms with Gasteiger partial charge >= 0.3 is 11.9 Å². The number of carboxylic acids is 1. The Morgan fingerprint density at radius 2 is 0.614 bits per heavy atom. The minimum absolute atomic E-state index is 0.0396. The summed E-state index contributed by atoms with van der Waals surface area (Å²) in [6, 6.07) is 38.9. The molecule has 7 heterocycles. The number of hydrogen-bond acceptors (Lipinski definition) is 23. The van der Waals surface area contributed by atoms with E-state index in [1.165, 1.54) is 84.4 Å². The lowest BCUT2D eigenvalue weighted by atomic mass is 10.2. The van der Waals surface area contributed by atoms with Gasteiger partial charge in [0, 0.05) is 110 Å². The number of carbonyl (C=O) groups excluding carboxylic acids is 4. The monoisotopic (exact) mass is 1870 g/mol. The average Bonchev–Trinajstić information content (AvgIpc) is 1.69. The van der Waals surface area contributed by atoms with Crippen molar-refractivity contribution in [3.05, 3.63) is 179 Å². The number of carboxylic acid groups (broad SMARTS) is 1. The first kappa shape index (κ1) is 102. The molecule has 5 fully saturated rings. The molecule has 2 atom stereocenters. The van der Waals surface area contributed by atoms with E-state index in [1.54, 1.807) is 38.1 Å². The maximum absolute atomic E-state index is 13.0. The number of likely N-dealkylation sites (tertiary alicyclic amines) is 2. The summed E-state index contributed by atoms with van der Waals surface area (Å²) in [5.41, 5.74) is 6.79. The van der Waals surface area contributed by atoms with E-state index >= 15 is 0 Å². The van der Waals surface area contributed by atoms with Gasteiger partial charge in [-0.2, -0.15) is 0 Å². The molecule has 2 saturated heterocycles. The minimum Gasteiger partial charge on any atom is -0.494 e. The van der Waals surface area contributed by atoms with Crippen molar-refractivity contribution in [3.63, 3.8) is 0 Å². The predicted molar refractivity (Wildman–Crippen MR) is 512 cm³/mol. The van der Waals surface area contributed by atoms with Gasteiger partial charge in [-0.05, 0) is 316 Å². The van der Waals surface area contributed by atoms with Crippen molar-refractivity contribution in [3.8, 4) is 86.0 Å². The first-order chi connectivity index (χ1) is 64.0. The highest BCUT2D eigenvalue weighted by Gasteiger charge is 2.34. The van der Waals surface area contributed by atoms with Crippen molar-refractivity contribution in [2.75, 3.05) is 123 Å². The first-order valence-electron chi connectivity index (χ1n) is 46.9. The molecule has 5 aromatic carbocycles. The van der Waals surface area contributed by atoms with E-state index in [2.05, 4.69) is 74.1 Å². The number of halogens is 3. The van der Waals surface area contributed by atoms with Gasteiger partial charge in [-0.25, -0.2) is 34.5 Å². The highest BCUT2D eigenvalue weighted by atomic mass is 35.5. The normalized spacial score (nSPS) is 15.1. The van der Waals surface area contributed by atoms with Crippen LogP contribution in [0.2, 0.25) is 0 Å². The third kappa shape index (κ3) is 30.9. The van der Waals surface area contributed by atoms with Crippen molar-refractivity contribution in [2.24, 2.45) is 17.8 Å². The summed E-state index contributed by atoms with van der Waals surface area (Å²) in [5, 5.41) is 8.93. The van der Waals surface area contributed by atoms with Crippen LogP contribution in [0.25, 0.3) is 57.3 Å². The predicted octanol–water partition coefficient (Wildman–Crippen LogP) is 22.1. The second-order valence-electron chi connectivity index (χ2n) is 34.3. The number of aromatic nitrogens is 5. The second-order valence-corrected chi connectivity index (χ2v) is 35.4. The van der Waals surface area contributed by atoms with Crippen molar-refractivity contribution in [1.29, 1.82) is 0 Å². The molecule has 10 aromatic rings. The number of esters is 1. The lowest BCUT2D eigenvalue weighted by Gasteiger charge is -2.20. The zero-order chi connectivity index (χ0) is 94.0. The van der Waals surface area contributed by atoms with Crippen LogP contribution >= 0.6 is 34.8 Å². The van der Waals surface area contributed by atoms with Crippen LogP contribution in [0, 0.1) is 52.4 Å². The Bertz CT molecular complexity index is 5070. The Labute approximate surface area is 791 Å². The molecule has 27 nitrogen and oxygen atoms in total. The van der Waals surface area contributed by atoms with E-state index in [0.29, 0.717) is 155 Å². The Kier molecular flexibility index (Phi) is 40.2. The van der Waals surface area contributed by atoms with Crippen LogP contribution in [0.3, 0.4) is 0 Å². The number of methoxy groups -OCH3 is 1. The molecule has 0 bridgehead atoms. The number of hydrogen-bond donors (Lipinski definition) is 1. The molecular formula is C102H131Cl3N10O17. The fourth-order valence-corrected chi connectivity index (χ4v) is 15.7. The molecule has 712 valence electrons. The molecule has 0 radical (unpaired) electrons. The highest BCUT2D eigenvalue weighted by Crippen LogP contribution is 2.37. The Hall–Kier alpha value is -10.7. The summed E-state index contributed by atoms with van der Waals surface area (Å²) >= 11 is 16.8. The van der Waals surface area contributed by atoms with Crippen LogP contribution in [-0.4, -0.2) is 220 Å². The van der Waals surface area contributed by atoms with E-state index < -0.39 is 11.9 Å². The number of benzene rings is 5. The lowest BCUT2D eigenvalue weighted by Crippen LogP contribution is -2.33. The third-order valence-corrected chi connectivity index (χ3v) is 24.0. The third-order valence-electron chi connectivity index (χ3n) is 23.2. The van der Waals surface area contributed by atoms with Gasteiger partial charge < -0.3 is 80.1 Å². The molecule has 3 amide bonds. The van der Waals surface area contributed by atoms with Crippen LogP contribution in [0.4, 0.5) is 0 Å². The fourth-order valence-electron chi connectivity index (χ4n) is 15.3. The number of ether oxygens (including phenoxy) is 6. The summed E-state index contributed by atoms with van der Waals surface area (Å²) in [6.07, 6.45) is 19.8. The number of carbonyl (C=O) groups is 5. The summed E-state index contributed by atoms with van der Waals surface area (Å²) in [4.78, 5) is 94.1. The van der Waals surface area contributed by atoms with Gasteiger partial charge in [0.05, 0.1) is 68.6 Å². The first-order valence-corrected chi connectivity index (χ1v) is 48.5. The molecule has 2 unspecified atom stereocenters. The Morgan fingerprint density at radius 1 is 0.371 bits per heavy atom. The Balaban J connectivity index is 0.000000161. The van der Waals surface area contributed by atoms with Gasteiger partial charge in [-0.15, -0.1) is 34.8 Å². The van der Waals surface area contributed by atoms with Crippen LogP contribution in [0.5, 0.6) is 28.7 Å². The lowest BCUT2D eigenvalue weighted by molar-refractivity contribution is 0.0563. The molecule has 0 spiro atoms. The number of aryl methyl sites for hydroxylation is 5. The van der Waals surface area contributed by atoms with Gasteiger partial charge in [0.15, 0.2) is 0 Å². The number of nitrogens with zero attached hydrogens (tertiary/aromatic N) is 10. The topological polar surface area (TPSA) is 307 Å². The van der Waals surface area contributed by atoms with Gasteiger partial charge in [0.2, 0.25) is 58.3 Å². The van der Waals surface area contributed by atoms with E-state index in [9.17, 15) is 24.0 Å². The smallest absolute Gasteiger partial charge is 0.375 e. The number of aromatic carboxylic acids is 1. The largest absolute Gasteiger partial charge is 0.494 e. The van der Waals surface area contributed by atoms with E-state index in [-0.39, 0.29) is 35.1 Å². The van der Waals surface area contributed by atoms with Crippen LogP contribution < -0.4 is 23.7 Å². The summed E-state index contributed by atoms with van der Waals surface area (Å²) in [5.74, 6) is 9.00. The molecule has 3 saturated carbocycles. The highest BCUT2D eigenvalue weighted by molar-refractivity contribution is 6.18. The SMILES string of the molecule is CCCN(CC1CC1)C(=O)c1oc(-c2ccc(OCCCCl)cc2)nc1C.CCCN(CC1CC1)C(=O)c1oc(-c2ccc(OCCCN3CCCC3C)cc2)nc1C.CCCN(CC1CC1)C(=O)c1oc(-c2ccc(OCCCN3CCCC3C)cc2)nc1C.COC(=O)c1oc(-c2ccc(OCCCCl)cc2)nc1C.Cc1nc(-c2ccc(OCCCCl)cc2)oc1C(=O)O. The standard InChI is InChI=1S/2C26H37N3O3.C21H27ClN2O3.C15H16ClNO4.C14H14ClNO4/c2*1-4-14-29(18-21-8-9-21)26(30)24-20(3)27-25(32-24)22-10-12-23(13-11-22)31-17-6-16-28-15-5-7-19(28)2;1-3-12-24(14-16-5-6-16)21(25)19-15(2)23-20(27-19)17-7-9-18(10-8-17)26-13-4-11-22;1-10-13(15(18)19-2)21-14(17-10)11-4-6-12(7-5-11)20-9-3-8-16;1-9-12(14(17)18)20-13(16-9)10-3-5-11(6-4-10)19-8-2-7-15/h2*10-13,19,21H,4-9,14-18H2,1-3H3;7-10,16H,3-6,11-14H2,1-2H3;4-7H,3,8-9H2,1-2H3;3-6H,2,7-8H2,1H3,(H,17,18). The number of oxazole rings is 5. The molecular weight excluding hydrogens is 1740 g/mol. The van der Waals surface area contributed by atoms with Gasteiger partial charge in [0.25, 0.3) is 17.7 Å². The van der Waals surface area contributed by atoms with E-state index in [4.69, 9.17) is 85.7 Å². The van der Waals surface area contributed by atoms with Crippen molar-refractivity contribution >= 4 is 64.5 Å². The van der Waals surface area contributed by atoms with Gasteiger partial charge in [-0.1, -0.05) is 20.8 Å². The average molecular weight is 1880 g/mol. The summed E-state index contributed by atoms with van der Waals surface area (Å²) < 4.78 is 61.5. The number of alkyl halides is 3. The molecule has 30 heteroatoms. The molecule has 1 N–H and O–H groups in total. The number of rotatable bonds is 44. The zero-order valence-corrected chi connectivity index (χ0v) is 80.7. The minimum atomic E-state index is -1.12. The van der Waals surface area contributed by atoms with Gasteiger partial charge in [0.1, 0.15) is 28.7 Å². The molecule has 3 aliphatic carbocycles. The van der Waals surface area contributed by atoms with Crippen molar-refractivity contribution in [2.45, 2.75) is 197 Å². The molecule has 15 rings (SSSR count).